The lowest BCUT2D eigenvalue weighted by molar-refractivity contribution is -0.119. The van der Waals surface area contributed by atoms with Gasteiger partial charge in [0.05, 0.1) is 11.8 Å². The highest BCUT2D eigenvalue weighted by Gasteiger charge is 2.34. The molecule has 1 atom stereocenters. The van der Waals surface area contributed by atoms with Crippen LogP contribution in [0.2, 0.25) is 0 Å². The molecule has 1 amide bonds. The highest BCUT2D eigenvalue weighted by atomic mass is 32.2. The molecule has 1 heterocycles. The number of hydrogen-bond donors (Lipinski definition) is 1. The number of rotatable bonds is 4. The second kappa shape index (κ2) is 6.67. The predicted octanol–water partition coefficient (Wildman–Crippen LogP) is 4.20. The molecule has 4 heteroatoms. The summed E-state index contributed by atoms with van der Waals surface area (Å²) in [5.41, 5.74) is 0.781. The highest BCUT2D eigenvalue weighted by molar-refractivity contribution is 8.00. The first-order valence-corrected chi connectivity index (χ1v) is 8.77. The highest BCUT2D eigenvalue weighted by Crippen LogP contribution is 2.39. The van der Waals surface area contributed by atoms with Crippen LogP contribution in [0.1, 0.15) is 31.9 Å². The van der Waals surface area contributed by atoms with Crippen molar-refractivity contribution < 1.29 is 9.53 Å². The van der Waals surface area contributed by atoms with Gasteiger partial charge in [-0.2, -0.15) is 0 Å². The molecule has 2 aromatic carbocycles. The van der Waals surface area contributed by atoms with Gasteiger partial charge in [0.25, 0.3) is 0 Å². The Bertz CT molecular complexity index is 685. The minimum absolute atomic E-state index is 0.00109. The van der Waals surface area contributed by atoms with E-state index in [0.717, 1.165) is 22.6 Å². The summed E-state index contributed by atoms with van der Waals surface area (Å²) in [4.78, 5) is 13.4. The largest absolute Gasteiger partial charge is 0.487 e. The minimum Gasteiger partial charge on any atom is -0.487 e. The third kappa shape index (κ3) is 4.08. The molecule has 0 unspecified atom stereocenters. The van der Waals surface area contributed by atoms with Crippen molar-refractivity contribution in [1.29, 1.82) is 0 Å². The fourth-order valence-electron chi connectivity index (χ4n) is 2.83. The molecule has 0 radical (unpaired) electrons. The van der Waals surface area contributed by atoms with Gasteiger partial charge in [-0.15, -0.1) is 11.8 Å². The van der Waals surface area contributed by atoms with Crippen molar-refractivity contribution >= 4 is 17.7 Å². The topological polar surface area (TPSA) is 38.3 Å². The van der Waals surface area contributed by atoms with Crippen LogP contribution in [0.5, 0.6) is 5.75 Å². The molecule has 0 aliphatic carbocycles. The lowest BCUT2D eigenvalue weighted by Crippen LogP contribution is -2.41. The minimum atomic E-state index is -0.279. The van der Waals surface area contributed by atoms with Gasteiger partial charge >= 0.3 is 0 Å². The van der Waals surface area contributed by atoms with Crippen LogP contribution < -0.4 is 10.1 Å². The molecule has 0 bridgehead atoms. The Morgan fingerprint density at radius 3 is 2.65 bits per heavy atom. The van der Waals surface area contributed by atoms with Gasteiger partial charge in [0.15, 0.2) is 0 Å². The molecule has 3 nitrogen and oxygen atoms in total. The average molecular weight is 327 g/mol. The summed E-state index contributed by atoms with van der Waals surface area (Å²) in [5.74, 6) is 1.34. The van der Waals surface area contributed by atoms with E-state index < -0.39 is 0 Å². The van der Waals surface area contributed by atoms with Gasteiger partial charge < -0.3 is 10.1 Å². The van der Waals surface area contributed by atoms with Gasteiger partial charge in [0.2, 0.25) is 5.91 Å². The lowest BCUT2D eigenvalue weighted by atomic mass is 9.90. The quantitative estimate of drug-likeness (QED) is 0.856. The second-order valence-electron chi connectivity index (χ2n) is 6.33. The van der Waals surface area contributed by atoms with E-state index in [-0.39, 0.29) is 17.6 Å². The Morgan fingerprint density at radius 1 is 1.17 bits per heavy atom. The van der Waals surface area contributed by atoms with E-state index in [2.05, 4.69) is 19.2 Å². The number of thioether (sulfide) groups is 1. The average Bonchev–Trinajstić information content (AvgIpc) is 2.53. The number of benzene rings is 2. The number of ether oxygens (including phenoxy) is 1. The molecule has 120 valence electrons. The maximum atomic E-state index is 12.3. The van der Waals surface area contributed by atoms with Gasteiger partial charge in [0.1, 0.15) is 11.4 Å². The maximum absolute atomic E-state index is 12.3. The number of nitrogens with one attached hydrogen (secondary N) is 1. The molecule has 1 N–H and O–H groups in total. The van der Waals surface area contributed by atoms with Crippen LogP contribution in [0, 0.1) is 0 Å². The smallest absolute Gasteiger partial charge is 0.230 e. The molecule has 0 aromatic heterocycles. The van der Waals surface area contributed by atoms with Crippen LogP contribution >= 0.6 is 11.8 Å². The summed E-state index contributed by atoms with van der Waals surface area (Å²) in [5, 5.41) is 3.16. The van der Waals surface area contributed by atoms with Crippen molar-refractivity contribution in [3.63, 3.8) is 0 Å². The summed E-state index contributed by atoms with van der Waals surface area (Å²) in [6, 6.07) is 17.9. The number of para-hydroxylation sites is 1. The zero-order valence-electron chi connectivity index (χ0n) is 13.4. The van der Waals surface area contributed by atoms with E-state index in [0.29, 0.717) is 5.75 Å². The number of amides is 1. The number of hydrogen-bond acceptors (Lipinski definition) is 3. The molecule has 1 aliphatic rings. The van der Waals surface area contributed by atoms with Gasteiger partial charge in [-0.3, -0.25) is 4.79 Å². The van der Waals surface area contributed by atoms with Crippen molar-refractivity contribution in [2.24, 2.45) is 0 Å². The van der Waals surface area contributed by atoms with Crippen molar-refractivity contribution in [3.05, 3.63) is 60.2 Å². The molecule has 0 saturated carbocycles. The zero-order chi connectivity index (χ0) is 16.3. The monoisotopic (exact) mass is 327 g/mol. The second-order valence-corrected chi connectivity index (χ2v) is 7.37. The Balaban J connectivity index is 1.66. The Morgan fingerprint density at radius 2 is 1.87 bits per heavy atom. The van der Waals surface area contributed by atoms with E-state index in [1.165, 1.54) is 0 Å². The number of carbonyl (C=O) groups excluding carboxylic acids is 1. The molecule has 2 aromatic rings. The third-order valence-electron chi connectivity index (χ3n) is 3.82. The Labute approximate surface area is 141 Å². The lowest BCUT2D eigenvalue weighted by Gasteiger charge is -2.37. The van der Waals surface area contributed by atoms with Crippen LogP contribution in [0.15, 0.2) is 59.5 Å². The fourth-order valence-corrected chi connectivity index (χ4v) is 3.56. The van der Waals surface area contributed by atoms with Gasteiger partial charge in [-0.25, -0.2) is 0 Å². The summed E-state index contributed by atoms with van der Waals surface area (Å²) >= 11 is 1.56. The number of carbonyl (C=O) groups is 1. The normalized spacial score (nSPS) is 18.6. The molecule has 0 fully saturated rings. The van der Waals surface area contributed by atoms with E-state index >= 15 is 0 Å². The molecule has 0 spiro atoms. The van der Waals surface area contributed by atoms with Gasteiger partial charge in [0, 0.05) is 16.9 Å². The molecular formula is C19H21NO2S. The molecule has 23 heavy (non-hydrogen) atoms. The third-order valence-corrected chi connectivity index (χ3v) is 4.84. The maximum Gasteiger partial charge on any atom is 0.230 e. The summed E-state index contributed by atoms with van der Waals surface area (Å²) in [6.07, 6.45) is 0.770. The van der Waals surface area contributed by atoms with Crippen LogP contribution in [-0.2, 0) is 4.79 Å². The molecule has 0 saturated heterocycles. The SMILES string of the molecule is CC1(C)C[C@H](NC(=O)CSc2ccccc2)c2ccccc2O1. The molecular weight excluding hydrogens is 306 g/mol. The van der Waals surface area contributed by atoms with Gasteiger partial charge in [-0.05, 0) is 32.0 Å². The van der Waals surface area contributed by atoms with E-state index in [1.54, 1.807) is 11.8 Å². The van der Waals surface area contributed by atoms with Crippen LogP contribution in [-0.4, -0.2) is 17.3 Å². The Kier molecular flexibility index (Phi) is 4.62. The zero-order valence-corrected chi connectivity index (χ0v) is 14.2. The summed E-state index contributed by atoms with van der Waals surface area (Å²) in [6.45, 7) is 4.11. The van der Waals surface area contributed by atoms with Gasteiger partial charge in [-0.1, -0.05) is 36.4 Å². The Hall–Kier alpha value is -1.94. The first kappa shape index (κ1) is 15.9. The number of fused-ring (bicyclic) bond motifs is 1. The summed E-state index contributed by atoms with van der Waals surface area (Å²) < 4.78 is 6.00. The first-order chi connectivity index (χ1) is 11.0. The van der Waals surface area contributed by atoms with Crippen molar-refractivity contribution in [1.82, 2.24) is 5.32 Å². The van der Waals surface area contributed by atoms with Crippen molar-refractivity contribution in [3.8, 4) is 5.75 Å². The van der Waals surface area contributed by atoms with E-state index in [1.807, 2.05) is 54.6 Å². The predicted molar refractivity (Wildman–Crippen MR) is 93.8 cm³/mol. The summed E-state index contributed by atoms with van der Waals surface area (Å²) in [7, 11) is 0. The van der Waals surface area contributed by atoms with E-state index in [9.17, 15) is 4.79 Å². The molecule has 1 aliphatic heterocycles. The van der Waals surface area contributed by atoms with Crippen LogP contribution in [0.25, 0.3) is 0 Å². The molecule has 3 rings (SSSR count). The van der Waals surface area contributed by atoms with Crippen molar-refractivity contribution in [2.75, 3.05) is 5.75 Å². The van der Waals surface area contributed by atoms with Crippen molar-refractivity contribution in [2.45, 2.75) is 36.8 Å². The van der Waals surface area contributed by atoms with E-state index in [4.69, 9.17) is 4.74 Å². The van der Waals surface area contributed by atoms with Crippen LogP contribution in [0.3, 0.4) is 0 Å². The fraction of sp³-hybridized carbons (Fsp3) is 0.316. The standard InChI is InChI=1S/C19H21NO2S/c1-19(2)12-16(15-10-6-7-11-17(15)22-19)20-18(21)13-23-14-8-4-3-5-9-14/h3-11,16H,12-13H2,1-2H3,(H,20,21)/t16-/m0/s1. The first-order valence-electron chi connectivity index (χ1n) is 7.79. The van der Waals surface area contributed by atoms with Crippen LogP contribution in [0.4, 0.5) is 0 Å².